The summed E-state index contributed by atoms with van der Waals surface area (Å²) in [6.07, 6.45) is 2.46. The number of hydrogen-bond donors (Lipinski definition) is 0. The van der Waals surface area contributed by atoms with Crippen molar-refractivity contribution in [3.63, 3.8) is 0 Å². The van der Waals surface area contributed by atoms with Crippen molar-refractivity contribution < 1.29 is 9.53 Å². The fourth-order valence-electron chi connectivity index (χ4n) is 4.11. The van der Waals surface area contributed by atoms with E-state index < -0.39 is 0 Å². The van der Waals surface area contributed by atoms with Crippen molar-refractivity contribution in [1.82, 2.24) is 19.4 Å². The van der Waals surface area contributed by atoms with Gasteiger partial charge in [-0.05, 0) is 60.7 Å². The van der Waals surface area contributed by atoms with Crippen LogP contribution in [0.4, 0.5) is 0 Å². The average Bonchev–Trinajstić information content (AvgIpc) is 3.18. The highest BCUT2D eigenvalue weighted by molar-refractivity contribution is 5.92. The molecule has 0 aliphatic heterocycles. The van der Waals surface area contributed by atoms with Crippen LogP contribution in [-0.4, -0.2) is 39.0 Å². The molecule has 2 aromatic carbocycles. The molecule has 0 bridgehead atoms. The number of carbonyl (C=O) groups excluding carboxylic acids is 1. The van der Waals surface area contributed by atoms with E-state index in [2.05, 4.69) is 54.6 Å². The monoisotopic (exact) mass is 456 g/mol. The zero-order chi connectivity index (χ0) is 24.1. The lowest BCUT2D eigenvalue weighted by molar-refractivity contribution is 0.0774. The molecule has 0 saturated carbocycles. The Balaban J connectivity index is 1.48. The minimum absolute atomic E-state index is 0.122. The van der Waals surface area contributed by atoms with Gasteiger partial charge in [0.25, 0.3) is 5.91 Å². The lowest BCUT2D eigenvalue weighted by Gasteiger charge is -2.18. The van der Waals surface area contributed by atoms with E-state index in [-0.39, 0.29) is 5.91 Å². The van der Waals surface area contributed by atoms with Crippen molar-refractivity contribution in [3.05, 3.63) is 89.5 Å². The van der Waals surface area contributed by atoms with E-state index in [1.165, 1.54) is 11.1 Å². The summed E-state index contributed by atoms with van der Waals surface area (Å²) < 4.78 is 8.40. The Kier molecular flexibility index (Phi) is 7.26. The maximum atomic E-state index is 12.8. The van der Waals surface area contributed by atoms with E-state index in [1.807, 2.05) is 24.3 Å². The number of hydrogen-bond acceptors (Lipinski definition) is 4. The number of amides is 1. The summed E-state index contributed by atoms with van der Waals surface area (Å²) >= 11 is 0. The van der Waals surface area contributed by atoms with Crippen LogP contribution in [0.5, 0.6) is 5.75 Å². The Bertz CT molecular complexity index is 1260. The fraction of sp³-hybridized carbons (Fsp3) is 0.321. The Hall–Kier alpha value is -3.67. The number of para-hydroxylation sites is 2. The lowest BCUT2D eigenvalue weighted by Crippen LogP contribution is -2.28. The maximum Gasteiger partial charge on any atom is 0.272 e. The fourth-order valence-corrected chi connectivity index (χ4v) is 4.11. The number of rotatable bonds is 9. The molecule has 0 aliphatic rings. The molecule has 2 aromatic heterocycles. The molecule has 0 spiro atoms. The molecule has 0 fully saturated rings. The number of imidazole rings is 1. The summed E-state index contributed by atoms with van der Waals surface area (Å²) in [5.41, 5.74) is 4.85. The largest absolute Gasteiger partial charge is 0.493 e. The normalized spacial score (nSPS) is 11.2. The van der Waals surface area contributed by atoms with Crippen LogP contribution < -0.4 is 4.74 Å². The van der Waals surface area contributed by atoms with Gasteiger partial charge in [-0.1, -0.05) is 44.2 Å². The number of fused-ring (bicyclic) bond motifs is 1. The number of nitrogens with zero attached hydrogens (tertiary/aromatic N) is 4. The maximum absolute atomic E-state index is 12.8. The Labute approximate surface area is 201 Å². The van der Waals surface area contributed by atoms with E-state index in [4.69, 9.17) is 9.72 Å². The van der Waals surface area contributed by atoms with Crippen LogP contribution in [0.25, 0.3) is 11.0 Å². The SMILES string of the molecule is Cc1ccc(C(C)C)c(OCCCn2c(CN(C)C(=O)c3ccccn3)nc3ccccc32)c1. The number of aromatic nitrogens is 3. The standard InChI is InChI=1S/C28H32N4O2/c1-20(2)22-14-13-21(3)18-26(22)34-17-9-16-32-25-12-6-5-10-23(25)30-27(32)19-31(4)28(33)24-11-7-8-15-29-24/h5-8,10-15,18,20H,9,16-17,19H2,1-4H3. The molecule has 4 rings (SSSR count). The molecular formula is C28H32N4O2. The summed E-state index contributed by atoms with van der Waals surface area (Å²) in [6, 6.07) is 19.9. The highest BCUT2D eigenvalue weighted by atomic mass is 16.5. The van der Waals surface area contributed by atoms with Crippen molar-refractivity contribution in [3.8, 4) is 5.75 Å². The summed E-state index contributed by atoms with van der Waals surface area (Å²) in [5.74, 6) is 2.10. The van der Waals surface area contributed by atoms with Gasteiger partial charge in [0.1, 0.15) is 17.3 Å². The predicted octanol–water partition coefficient (Wildman–Crippen LogP) is 5.60. The van der Waals surface area contributed by atoms with Crippen molar-refractivity contribution in [1.29, 1.82) is 0 Å². The van der Waals surface area contributed by atoms with Crippen LogP contribution in [0.15, 0.2) is 66.9 Å². The average molecular weight is 457 g/mol. The topological polar surface area (TPSA) is 60.2 Å². The predicted molar refractivity (Wildman–Crippen MR) is 135 cm³/mol. The molecule has 0 radical (unpaired) electrons. The van der Waals surface area contributed by atoms with Gasteiger partial charge in [0.2, 0.25) is 0 Å². The first kappa shape index (κ1) is 23.5. The van der Waals surface area contributed by atoms with Crippen LogP contribution in [0.3, 0.4) is 0 Å². The molecule has 0 atom stereocenters. The molecule has 1 amide bonds. The van der Waals surface area contributed by atoms with E-state index >= 15 is 0 Å². The molecule has 2 heterocycles. The molecule has 6 heteroatoms. The number of pyridine rings is 1. The zero-order valence-electron chi connectivity index (χ0n) is 20.4. The molecule has 0 saturated heterocycles. The highest BCUT2D eigenvalue weighted by Gasteiger charge is 2.18. The third-order valence-electron chi connectivity index (χ3n) is 5.92. The summed E-state index contributed by atoms with van der Waals surface area (Å²) in [7, 11) is 1.79. The van der Waals surface area contributed by atoms with Gasteiger partial charge in [0.15, 0.2) is 0 Å². The summed E-state index contributed by atoms with van der Waals surface area (Å²) in [6.45, 7) is 8.22. The quantitative estimate of drug-likeness (QED) is 0.307. The van der Waals surface area contributed by atoms with Gasteiger partial charge in [-0.2, -0.15) is 0 Å². The Morgan fingerprint density at radius 2 is 1.88 bits per heavy atom. The van der Waals surface area contributed by atoms with Crippen LogP contribution in [0.1, 0.15) is 53.6 Å². The first-order chi connectivity index (χ1) is 16.4. The van der Waals surface area contributed by atoms with E-state index in [0.29, 0.717) is 24.8 Å². The number of ether oxygens (including phenoxy) is 1. The van der Waals surface area contributed by atoms with Gasteiger partial charge in [-0.25, -0.2) is 4.98 Å². The lowest BCUT2D eigenvalue weighted by atomic mass is 10.0. The second-order valence-electron chi connectivity index (χ2n) is 8.94. The van der Waals surface area contributed by atoms with Gasteiger partial charge in [0.05, 0.1) is 24.2 Å². The molecule has 0 N–H and O–H groups in total. The first-order valence-electron chi connectivity index (χ1n) is 11.8. The molecule has 4 aromatic rings. The van der Waals surface area contributed by atoms with E-state index in [9.17, 15) is 4.79 Å². The summed E-state index contributed by atoms with van der Waals surface area (Å²) in [5, 5.41) is 0. The van der Waals surface area contributed by atoms with Gasteiger partial charge in [0, 0.05) is 19.8 Å². The van der Waals surface area contributed by atoms with Crippen LogP contribution >= 0.6 is 0 Å². The number of benzene rings is 2. The molecule has 6 nitrogen and oxygen atoms in total. The first-order valence-corrected chi connectivity index (χ1v) is 11.8. The second-order valence-corrected chi connectivity index (χ2v) is 8.94. The summed E-state index contributed by atoms with van der Waals surface area (Å²) in [4.78, 5) is 23.5. The Morgan fingerprint density at radius 3 is 2.65 bits per heavy atom. The minimum Gasteiger partial charge on any atom is -0.493 e. The van der Waals surface area contributed by atoms with Gasteiger partial charge in [-0.3, -0.25) is 9.78 Å². The molecular weight excluding hydrogens is 424 g/mol. The van der Waals surface area contributed by atoms with Crippen molar-refractivity contribution in [2.24, 2.45) is 0 Å². The van der Waals surface area contributed by atoms with Crippen molar-refractivity contribution in [2.45, 2.75) is 46.2 Å². The molecule has 34 heavy (non-hydrogen) atoms. The molecule has 0 aliphatic carbocycles. The van der Waals surface area contributed by atoms with Crippen molar-refractivity contribution in [2.75, 3.05) is 13.7 Å². The number of carbonyl (C=O) groups is 1. The second kappa shape index (κ2) is 10.5. The third kappa shape index (κ3) is 5.28. The van der Waals surface area contributed by atoms with E-state index in [1.54, 1.807) is 30.3 Å². The smallest absolute Gasteiger partial charge is 0.272 e. The van der Waals surface area contributed by atoms with Crippen LogP contribution in [0.2, 0.25) is 0 Å². The van der Waals surface area contributed by atoms with E-state index in [0.717, 1.165) is 35.6 Å². The van der Waals surface area contributed by atoms with Crippen LogP contribution in [0, 0.1) is 6.92 Å². The Morgan fingerprint density at radius 1 is 1.09 bits per heavy atom. The highest BCUT2D eigenvalue weighted by Crippen LogP contribution is 2.27. The van der Waals surface area contributed by atoms with Gasteiger partial charge < -0.3 is 14.2 Å². The van der Waals surface area contributed by atoms with Gasteiger partial charge in [-0.15, -0.1) is 0 Å². The number of aryl methyl sites for hydroxylation is 2. The third-order valence-corrected chi connectivity index (χ3v) is 5.92. The zero-order valence-corrected chi connectivity index (χ0v) is 20.4. The van der Waals surface area contributed by atoms with Crippen molar-refractivity contribution >= 4 is 16.9 Å². The molecule has 176 valence electrons. The molecule has 0 unspecified atom stereocenters. The van der Waals surface area contributed by atoms with Crippen LogP contribution in [-0.2, 0) is 13.1 Å². The van der Waals surface area contributed by atoms with Gasteiger partial charge >= 0.3 is 0 Å². The minimum atomic E-state index is -0.122.